The summed E-state index contributed by atoms with van der Waals surface area (Å²) in [5.74, 6) is -0.868. The van der Waals surface area contributed by atoms with Gasteiger partial charge in [-0.3, -0.25) is 15.6 Å². The molecule has 0 aliphatic carbocycles. The molecule has 1 heterocycles. The van der Waals surface area contributed by atoms with E-state index in [1.54, 1.807) is 30.3 Å². The lowest BCUT2D eigenvalue weighted by Crippen LogP contribution is -2.14. The number of halogens is 1. The van der Waals surface area contributed by atoms with E-state index in [0.717, 1.165) is 0 Å². The lowest BCUT2D eigenvalue weighted by Gasteiger charge is -2.10. The van der Waals surface area contributed by atoms with Crippen LogP contribution in [0.15, 0.2) is 65.3 Å². The summed E-state index contributed by atoms with van der Waals surface area (Å²) in [5.41, 5.74) is 0.978. The van der Waals surface area contributed by atoms with Crippen molar-refractivity contribution in [3.8, 4) is 5.75 Å². The van der Waals surface area contributed by atoms with Crippen molar-refractivity contribution in [2.75, 3.05) is 5.32 Å². The number of phenols is 1. The average molecular weight is 384 g/mol. The molecule has 2 aromatic carbocycles. The molecule has 0 saturated heterocycles. The predicted octanol–water partition coefficient (Wildman–Crippen LogP) is 4.26. The molecule has 3 aromatic rings. The number of phenolic OH excluding ortho intramolecular Hbond substituents is 1. The smallest absolute Gasteiger partial charge is 0.257 e. The summed E-state index contributed by atoms with van der Waals surface area (Å²) < 4.78 is 10.2. The summed E-state index contributed by atoms with van der Waals surface area (Å²) in [4.78, 5) is 12.4. The fourth-order valence-corrected chi connectivity index (χ4v) is 2.50. The number of carbonyl (C=O) groups excluding carboxylic acids is 1. The Bertz CT molecular complexity index is 1020. The van der Waals surface area contributed by atoms with E-state index in [1.165, 1.54) is 30.5 Å². The lowest BCUT2D eigenvalue weighted by molar-refractivity contribution is 0.102. The first-order chi connectivity index (χ1) is 12.9. The topological polar surface area (TPSA) is 119 Å². The van der Waals surface area contributed by atoms with Crippen molar-refractivity contribution in [3.63, 3.8) is 0 Å². The second-order valence-electron chi connectivity index (χ2n) is 5.44. The summed E-state index contributed by atoms with van der Waals surface area (Å²) in [5, 5.41) is 27.9. The van der Waals surface area contributed by atoms with E-state index < -0.39 is 5.91 Å². The third-order valence-corrected chi connectivity index (χ3v) is 3.84. The number of hydrogen-bond acceptors (Lipinski definition) is 6. The number of benzene rings is 2. The van der Waals surface area contributed by atoms with E-state index in [9.17, 15) is 9.90 Å². The van der Waals surface area contributed by atoms with Crippen LogP contribution in [0.5, 0.6) is 5.75 Å². The maximum Gasteiger partial charge on any atom is 0.257 e. The quantitative estimate of drug-likeness (QED) is 0.397. The average Bonchev–Trinajstić information content (AvgIpc) is 3.16. The minimum absolute atomic E-state index is 0.0388. The Balaban J connectivity index is 1.72. The molecule has 0 fully saturated rings. The zero-order valence-corrected chi connectivity index (χ0v) is 14.6. The molecule has 0 bridgehead atoms. The van der Waals surface area contributed by atoms with E-state index in [0.29, 0.717) is 11.3 Å². The van der Waals surface area contributed by atoms with Crippen LogP contribution in [0.25, 0.3) is 0 Å². The van der Waals surface area contributed by atoms with Gasteiger partial charge in [-0.2, -0.15) is 0 Å². The Morgan fingerprint density at radius 1 is 1.07 bits per heavy atom. The highest BCUT2D eigenvalue weighted by atomic mass is 35.5. The van der Waals surface area contributed by atoms with E-state index in [1.807, 2.05) is 0 Å². The number of hydrogen-bond donors (Lipinski definition) is 4. The molecule has 27 heavy (non-hydrogen) atoms. The minimum atomic E-state index is -0.465. The third-order valence-electron chi connectivity index (χ3n) is 3.53. The molecule has 1 amide bonds. The highest BCUT2D eigenvalue weighted by Gasteiger charge is 2.14. The van der Waals surface area contributed by atoms with Crippen LogP contribution < -0.4 is 5.32 Å². The van der Waals surface area contributed by atoms with Gasteiger partial charge < -0.3 is 19.6 Å². The van der Waals surface area contributed by atoms with Gasteiger partial charge >= 0.3 is 0 Å². The molecule has 0 saturated carbocycles. The standard InChI is InChI=1S/C19H14ClN3O4/c20-15-10-13(24)6-7-14(15)19(25)23-12-4-1-3-11(9-12)17(21)27-18(22)16-5-2-8-26-16/h1-10,21-22,24H,(H,23,25). The maximum atomic E-state index is 12.4. The normalized spacial score (nSPS) is 10.3. The summed E-state index contributed by atoms with van der Waals surface area (Å²) in [6.45, 7) is 0. The number of ether oxygens (including phenoxy) is 1. The number of amides is 1. The van der Waals surface area contributed by atoms with E-state index in [-0.39, 0.29) is 33.9 Å². The van der Waals surface area contributed by atoms with Crippen LogP contribution in [0.4, 0.5) is 5.69 Å². The third kappa shape index (κ3) is 4.34. The SMILES string of the molecule is N=C(OC(=N)c1ccco1)c1cccc(NC(=O)c2ccc(O)cc2Cl)c1. The number of furan rings is 1. The van der Waals surface area contributed by atoms with Crippen molar-refractivity contribution >= 4 is 35.0 Å². The van der Waals surface area contributed by atoms with Gasteiger partial charge in [-0.15, -0.1) is 0 Å². The molecule has 3 rings (SSSR count). The van der Waals surface area contributed by atoms with Crippen LogP contribution in [0, 0.1) is 10.8 Å². The molecule has 0 aliphatic rings. The van der Waals surface area contributed by atoms with Gasteiger partial charge in [0.2, 0.25) is 5.90 Å². The van der Waals surface area contributed by atoms with Crippen molar-refractivity contribution in [1.29, 1.82) is 10.8 Å². The van der Waals surface area contributed by atoms with Crippen LogP contribution in [0.3, 0.4) is 0 Å². The number of anilines is 1. The maximum absolute atomic E-state index is 12.4. The largest absolute Gasteiger partial charge is 0.508 e. The highest BCUT2D eigenvalue weighted by Crippen LogP contribution is 2.23. The van der Waals surface area contributed by atoms with Gasteiger partial charge in [-0.25, -0.2) is 0 Å². The van der Waals surface area contributed by atoms with E-state index in [2.05, 4.69) is 5.32 Å². The molecule has 136 valence electrons. The van der Waals surface area contributed by atoms with Crippen LogP contribution >= 0.6 is 11.6 Å². The van der Waals surface area contributed by atoms with Gasteiger partial charge in [0.05, 0.1) is 16.8 Å². The highest BCUT2D eigenvalue weighted by molar-refractivity contribution is 6.34. The Morgan fingerprint density at radius 2 is 1.89 bits per heavy atom. The summed E-state index contributed by atoms with van der Waals surface area (Å²) >= 11 is 5.97. The minimum Gasteiger partial charge on any atom is -0.508 e. The predicted molar refractivity (Wildman–Crippen MR) is 101 cm³/mol. The molecule has 0 atom stereocenters. The molecule has 8 heteroatoms. The zero-order chi connectivity index (χ0) is 19.4. The van der Waals surface area contributed by atoms with Crippen molar-refractivity contribution in [1.82, 2.24) is 0 Å². The second-order valence-corrected chi connectivity index (χ2v) is 5.84. The molecule has 0 aliphatic heterocycles. The van der Waals surface area contributed by atoms with Crippen molar-refractivity contribution in [2.45, 2.75) is 0 Å². The van der Waals surface area contributed by atoms with Crippen molar-refractivity contribution in [2.24, 2.45) is 0 Å². The Morgan fingerprint density at radius 3 is 2.59 bits per heavy atom. The lowest BCUT2D eigenvalue weighted by atomic mass is 10.1. The second kappa shape index (κ2) is 7.76. The molecule has 1 aromatic heterocycles. The van der Waals surface area contributed by atoms with Crippen molar-refractivity contribution in [3.05, 3.63) is 82.8 Å². The zero-order valence-electron chi connectivity index (χ0n) is 13.8. The first kappa shape index (κ1) is 18.2. The monoisotopic (exact) mass is 383 g/mol. The van der Waals surface area contributed by atoms with Crippen LogP contribution in [0.1, 0.15) is 21.7 Å². The molecule has 4 N–H and O–H groups in total. The molecule has 7 nitrogen and oxygen atoms in total. The molecular weight excluding hydrogens is 370 g/mol. The van der Waals surface area contributed by atoms with E-state index in [4.69, 9.17) is 31.6 Å². The van der Waals surface area contributed by atoms with Gasteiger partial charge in [0.25, 0.3) is 11.8 Å². The number of carbonyl (C=O) groups is 1. The first-order valence-electron chi connectivity index (χ1n) is 7.73. The van der Waals surface area contributed by atoms with Gasteiger partial charge in [0.1, 0.15) is 5.75 Å². The van der Waals surface area contributed by atoms with Gasteiger partial charge in [0.15, 0.2) is 5.76 Å². The molecular formula is C19H14ClN3O4. The van der Waals surface area contributed by atoms with Crippen molar-refractivity contribution < 1.29 is 19.1 Å². The van der Waals surface area contributed by atoms with Crippen LogP contribution in [-0.2, 0) is 4.74 Å². The van der Waals surface area contributed by atoms with Crippen LogP contribution in [0.2, 0.25) is 5.02 Å². The molecule has 0 radical (unpaired) electrons. The first-order valence-corrected chi connectivity index (χ1v) is 8.11. The summed E-state index contributed by atoms with van der Waals surface area (Å²) in [7, 11) is 0. The van der Waals surface area contributed by atoms with E-state index >= 15 is 0 Å². The fraction of sp³-hybridized carbons (Fsp3) is 0. The fourth-order valence-electron chi connectivity index (χ4n) is 2.24. The van der Waals surface area contributed by atoms with Gasteiger partial charge in [0, 0.05) is 11.3 Å². The van der Waals surface area contributed by atoms with Gasteiger partial charge in [-0.05, 0) is 48.5 Å². The number of nitrogens with one attached hydrogen (secondary N) is 3. The number of rotatable bonds is 4. The van der Waals surface area contributed by atoms with Crippen LogP contribution in [-0.4, -0.2) is 22.8 Å². The Labute approximate surface area is 159 Å². The molecule has 0 spiro atoms. The Kier molecular flexibility index (Phi) is 5.23. The van der Waals surface area contributed by atoms with Gasteiger partial charge in [-0.1, -0.05) is 17.7 Å². The number of aromatic hydroxyl groups is 1. The Hall–Kier alpha value is -3.58. The summed E-state index contributed by atoms with van der Waals surface area (Å²) in [6.07, 6.45) is 1.40. The molecule has 0 unspecified atom stereocenters. The summed E-state index contributed by atoms with van der Waals surface area (Å²) in [6, 6.07) is 13.6.